The molecule has 0 unspecified atom stereocenters. The Bertz CT molecular complexity index is 488. The van der Waals surface area contributed by atoms with Crippen molar-refractivity contribution in [2.45, 2.75) is 6.18 Å². The van der Waals surface area contributed by atoms with E-state index in [-0.39, 0.29) is 11.3 Å². The Hall–Kier alpha value is -2.25. The van der Waals surface area contributed by atoms with Gasteiger partial charge >= 0.3 is 18.2 Å². The monoisotopic (exact) mass is 276 g/mol. The minimum Gasteiger partial charge on any atom is -0.478 e. The molecule has 0 heterocycles. The number of carbonyl (C=O) groups excluding carboxylic acids is 1. The topological polar surface area (TPSA) is 69.6 Å². The van der Waals surface area contributed by atoms with Gasteiger partial charge in [0, 0.05) is 7.05 Å². The van der Waals surface area contributed by atoms with Crippen molar-refractivity contribution in [2.75, 3.05) is 18.5 Å². The lowest BCUT2D eigenvalue weighted by molar-refractivity contribution is -0.122. The number of rotatable bonds is 3. The summed E-state index contributed by atoms with van der Waals surface area (Å²) in [5.41, 5.74) is -0.165. The first kappa shape index (κ1) is 14.8. The van der Waals surface area contributed by atoms with Crippen molar-refractivity contribution < 1.29 is 27.9 Å². The summed E-state index contributed by atoms with van der Waals surface area (Å²) in [6.45, 7) is -1.48. The third-order valence-electron chi connectivity index (χ3n) is 2.24. The first-order chi connectivity index (χ1) is 8.72. The summed E-state index contributed by atoms with van der Waals surface area (Å²) in [5.74, 6) is -1.27. The number of amides is 2. The Kier molecular flexibility index (Phi) is 4.36. The molecule has 0 fully saturated rings. The van der Waals surface area contributed by atoms with E-state index in [4.69, 9.17) is 5.11 Å². The van der Waals surface area contributed by atoms with Gasteiger partial charge in [-0.05, 0) is 12.1 Å². The summed E-state index contributed by atoms with van der Waals surface area (Å²) >= 11 is 0. The molecular formula is C11H11F3N2O3. The van der Waals surface area contributed by atoms with Gasteiger partial charge in [-0.25, -0.2) is 9.59 Å². The standard InChI is InChI=1S/C11H11F3N2O3/c1-16(10(19)15-6-11(12,13)14)8-5-3-2-4-7(8)9(17)18/h2-5H,6H2,1H3,(H,15,19)(H,17,18). The smallest absolute Gasteiger partial charge is 0.405 e. The summed E-state index contributed by atoms with van der Waals surface area (Å²) in [5, 5.41) is 10.6. The first-order valence-electron chi connectivity index (χ1n) is 5.13. The van der Waals surface area contributed by atoms with Gasteiger partial charge in [-0.15, -0.1) is 0 Å². The number of nitrogens with one attached hydrogen (secondary N) is 1. The van der Waals surface area contributed by atoms with Gasteiger partial charge in [-0.2, -0.15) is 13.2 Å². The number of aromatic carboxylic acids is 1. The highest BCUT2D eigenvalue weighted by Crippen LogP contribution is 2.19. The lowest BCUT2D eigenvalue weighted by Crippen LogP contribution is -2.42. The summed E-state index contributed by atoms with van der Waals surface area (Å²) < 4.78 is 35.9. The summed E-state index contributed by atoms with van der Waals surface area (Å²) in [6, 6.07) is 4.48. The normalized spacial score (nSPS) is 10.9. The van der Waals surface area contributed by atoms with Crippen LogP contribution in [0.25, 0.3) is 0 Å². The van der Waals surface area contributed by atoms with E-state index in [1.165, 1.54) is 31.3 Å². The first-order valence-corrected chi connectivity index (χ1v) is 5.13. The number of hydrogen-bond donors (Lipinski definition) is 2. The van der Waals surface area contributed by atoms with Crippen molar-refractivity contribution in [3.63, 3.8) is 0 Å². The second kappa shape index (κ2) is 5.59. The molecule has 0 bridgehead atoms. The van der Waals surface area contributed by atoms with Crippen LogP contribution in [0.3, 0.4) is 0 Å². The number of anilines is 1. The third kappa shape index (κ3) is 4.16. The average Bonchev–Trinajstić information content (AvgIpc) is 2.34. The molecule has 1 rings (SSSR count). The number of alkyl halides is 3. The van der Waals surface area contributed by atoms with Gasteiger partial charge in [0.25, 0.3) is 0 Å². The molecule has 0 atom stereocenters. The number of para-hydroxylation sites is 1. The van der Waals surface area contributed by atoms with Crippen molar-refractivity contribution in [2.24, 2.45) is 0 Å². The van der Waals surface area contributed by atoms with Crippen molar-refractivity contribution in [1.29, 1.82) is 0 Å². The van der Waals surface area contributed by atoms with Crippen LogP contribution >= 0.6 is 0 Å². The minimum absolute atomic E-state index is 0.00896. The van der Waals surface area contributed by atoms with Gasteiger partial charge in [0.1, 0.15) is 6.54 Å². The summed E-state index contributed by atoms with van der Waals surface area (Å²) in [7, 11) is 1.19. The third-order valence-corrected chi connectivity index (χ3v) is 2.24. The minimum atomic E-state index is -4.52. The molecule has 5 nitrogen and oxygen atoms in total. The molecule has 8 heteroatoms. The zero-order valence-corrected chi connectivity index (χ0v) is 9.86. The van der Waals surface area contributed by atoms with Gasteiger partial charge in [0.15, 0.2) is 0 Å². The van der Waals surface area contributed by atoms with Gasteiger partial charge in [-0.3, -0.25) is 4.90 Å². The fourth-order valence-corrected chi connectivity index (χ4v) is 1.35. The fraction of sp³-hybridized carbons (Fsp3) is 0.273. The molecule has 0 saturated carbocycles. The number of carbonyl (C=O) groups is 2. The predicted molar refractivity (Wildman–Crippen MR) is 61.3 cm³/mol. The Balaban J connectivity index is 2.86. The van der Waals surface area contributed by atoms with Gasteiger partial charge in [0.2, 0.25) is 0 Å². The van der Waals surface area contributed by atoms with E-state index in [1.807, 2.05) is 0 Å². The number of nitrogens with zero attached hydrogens (tertiary/aromatic N) is 1. The summed E-state index contributed by atoms with van der Waals surface area (Å²) in [6.07, 6.45) is -4.52. The van der Waals surface area contributed by atoms with Crippen LogP contribution in [0.15, 0.2) is 24.3 Å². The molecule has 104 valence electrons. The van der Waals surface area contributed by atoms with Crippen LogP contribution in [0, 0.1) is 0 Å². The second-order valence-electron chi connectivity index (χ2n) is 3.66. The number of carboxylic acids is 1. The lowest BCUT2D eigenvalue weighted by Gasteiger charge is -2.20. The zero-order chi connectivity index (χ0) is 14.6. The number of urea groups is 1. The molecule has 0 aromatic heterocycles. The fourth-order valence-electron chi connectivity index (χ4n) is 1.35. The van der Waals surface area contributed by atoms with Crippen LogP contribution in [-0.4, -0.2) is 36.9 Å². The van der Waals surface area contributed by atoms with Crippen molar-refractivity contribution in [1.82, 2.24) is 5.32 Å². The Morgan fingerprint density at radius 2 is 1.89 bits per heavy atom. The quantitative estimate of drug-likeness (QED) is 0.888. The molecule has 2 N–H and O–H groups in total. The molecule has 0 radical (unpaired) electrons. The van der Waals surface area contributed by atoms with Gasteiger partial charge < -0.3 is 10.4 Å². The Morgan fingerprint density at radius 1 is 1.32 bits per heavy atom. The van der Waals surface area contributed by atoms with Gasteiger partial charge in [-0.1, -0.05) is 12.1 Å². The van der Waals surface area contributed by atoms with E-state index in [0.29, 0.717) is 0 Å². The maximum absolute atomic E-state index is 12.0. The SMILES string of the molecule is CN(C(=O)NCC(F)(F)F)c1ccccc1C(=O)O. The van der Waals surface area contributed by atoms with E-state index >= 15 is 0 Å². The molecule has 19 heavy (non-hydrogen) atoms. The highest BCUT2D eigenvalue weighted by atomic mass is 19.4. The van der Waals surface area contributed by atoms with E-state index in [2.05, 4.69) is 0 Å². The molecule has 0 aliphatic rings. The maximum atomic E-state index is 12.0. The van der Waals surface area contributed by atoms with Crippen LogP contribution in [0.1, 0.15) is 10.4 Å². The molecule has 1 aromatic rings. The van der Waals surface area contributed by atoms with Crippen LogP contribution in [-0.2, 0) is 0 Å². The molecule has 0 saturated heterocycles. The maximum Gasteiger partial charge on any atom is 0.405 e. The largest absolute Gasteiger partial charge is 0.478 e. The molecule has 2 amide bonds. The predicted octanol–water partition coefficient (Wildman–Crippen LogP) is 2.09. The highest BCUT2D eigenvalue weighted by Gasteiger charge is 2.29. The van der Waals surface area contributed by atoms with Crippen LogP contribution in [0.4, 0.5) is 23.7 Å². The second-order valence-corrected chi connectivity index (χ2v) is 3.66. The molecule has 1 aromatic carbocycles. The van der Waals surface area contributed by atoms with E-state index in [0.717, 1.165) is 4.90 Å². The molecule has 0 aliphatic heterocycles. The molecular weight excluding hydrogens is 265 g/mol. The van der Waals surface area contributed by atoms with Crippen molar-refractivity contribution >= 4 is 17.7 Å². The van der Waals surface area contributed by atoms with E-state index in [9.17, 15) is 22.8 Å². The number of carboxylic acid groups (broad SMARTS) is 1. The Morgan fingerprint density at radius 3 is 2.42 bits per heavy atom. The Labute approximate surface area is 106 Å². The van der Waals surface area contributed by atoms with Gasteiger partial charge in [0.05, 0.1) is 11.3 Å². The lowest BCUT2D eigenvalue weighted by atomic mass is 10.1. The van der Waals surface area contributed by atoms with Crippen LogP contribution < -0.4 is 10.2 Å². The number of halogens is 3. The highest BCUT2D eigenvalue weighted by molar-refractivity contribution is 6.01. The summed E-state index contributed by atoms with van der Waals surface area (Å²) in [4.78, 5) is 23.2. The number of hydrogen-bond acceptors (Lipinski definition) is 2. The molecule has 0 aliphatic carbocycles. The van der Waals surface area contributed by atoms with E-state index < -0.39 is 24.7 Å². The molecule has 0 spiro atoms. The average molecular weight is 276 g/mol. The van der Waals surface area contributed by atoms with Crippen LogP contribution in [0.5, 0.6) is 0 Å². The van der Waals surface area contributed by atoms with Crippen molar-refractivity contribution in [3.05, 3.63) is 29.8 Å². The van der Waals surface area contributed by atoms with E-state index in [1.54, 1.807) is 5.32 Å². The number of benzene rings is 1. The zero-order valence-electron chi connectivity index (χ0n) is 9.86. The van der Waals surface area contributed by atoms with Crippen molar-refractivity contribution in [3.8, 4) is 0 Å². The van der Waals surface area contributed by atoms with Crippen LogP contribution in [0.2, 0.25) is 0 Å².